The maximum Gasteiger partial charge on any atom is 0.319 e. The van der Waals surface area contributed by atoms with Crippen LogP contribution in [0.25, 0.3) is 10.9 Å². The Morgan fingerprint density at radius 3 is 2.83 bits per heavy atom. The first kappa shape index (κ1) is 17.3. The molecule has 2 rings (SSSR count). The molecule has 1 aromatic heterocycles. The fraction of sp³-hybridized carbons (Fsp3) is 0.471. The van der Waals surface area contributed by atoms with Crippen LogP contribution >= 0.6 is 0 Å². The molecule has 0 fully saturated rings. The fourth-order valence-electron chi connectivity index (χ4n) is 2.47. The van der Waals surface area contributed by atoms with Crippen LogP contribution in [0.4, 0.5) is 10.5 Å². The molecule has 2 aromatic rings. The summed E-state index contributed by atoms with van der Waals surface area (Å²) in [6, 6.07) is 7.53. The van der Waals surface area contributed by atoms with Gasteiger partial charge in [0.15, 0.2) is 0 Å². The number of methoxy groups -OCH3 is 1. The summed E-state index contributed by atoms with van der Waals surface area (Å²) in [6.07, 6.45) is 1.36. The Morgan fingerprint density at radius 2 is 2.13 bits per heavy atom. The number of amides is 2. The average molecular weight is 319 g/mol. The van der Waals surface area contributed by atoms with Crippen LogP contribution in [-0.2, 0) is 11.3 Å². The second-order valence-electron chi connectivity index (χ2n) is 6.08. The lowest BCUT2D eigenvalue weighted by atomic mass is 10.2. The van der Waals surface area contributed by atoms with E-state index in [0.717, 1.165) is 23.1 Å². The third-order valence-electron chi connectivity index (χ3n) is 3.45. The van der Waals surface area contributed by atoms with Crippen LogP contribution in [0.2, 0.25) is 0 Å². The molecule has 1 heterocycles. The largest absolute Gasteiger partial charge is 0.389 e. The van der Waals surface area contributed by atoms with E-state index in [2.05, 4.69) is 35.2 Å². The molecule has 23 heavy (non-hydrogen) atoms. The van der Waals surface area contributed by atoms with Gasteiger partial charge in [-0.1, -0.05) is 13.8 Å². The van der Waals surface area contributed by atoms with Crippen LogP contribution in [0.15, 0.2) is 30.5 Å². The molecule has 1 atom stereocenters. The third kappa shape index (κ3) is 4.97. The van der Waals surface area contributed by atoms with Crippen LogP contribution < -0.4 is 10.6 Å². The van der Waals surface area contributed by atoms with Gasteiger partial charge < -0.3 is 25.0 Å². The molecule has 1 aromatic carbocycles. The maximum atomic E-state index is 11.8. The molecule has 0 spiro atoms. The molecule has 3 N–H and O–H groups in total. The number of fused-ring (bicyclic) bond motifs is 1. The van der Waals surface area contributed by atoms with Gasteiger partial charge >= 0.3 is 6.03 Å². The number of carbonyl (C=O) groups is 1. The van der Waals surface area contributed by atoms with E-state index in [1.54, 1.807) is 0 Å². The highest BCUT2D eigenvalue weighted by Gasteiger charge is 2.08. The smallest absolute Gasteiger partial charge is 0.319 e. The van der Waals surface area contributed by atoms with Crippen molar-refractivity contribution in [3.05, 3.63) is 30.5 Å². The van der Waals surface area contributed by atoms with E-state index >= 15 is 0 Å². The van der Waals surface area contributed by atoms with E-state index < -0.39 is 6.10 Å². The third-order valence-corrected chi connectivity index (χ3v) is 3.45. The molecule has 0 bridgehead atoms. The molecule has 0 unspecified atom stereocenters. The normalized spacial score (nSPS) is 12.6. The van der Waals surface area contributed by atoms with Crippen LogP contribution in [0.1, 0.15) is 13.8 Å². The van der Waals surface area contributed by atoms with Crippen LogP contribution in [-0.4, -0.2) is 42.1 Å². The summed E-state index contributed by atoms with van der Waals surface area (Å²) in [5, 5.41) is 16.0. The minimum Gasteiger partial charge on any atom is -0.389 e. The Morgan fingerprint density at radius 1 is 1.35 bits per heavy atom. The number of urea groups is 1. The number of aliphatic hydroxyl groups excluding tert-OH is 1. The highest BCUT2D eigenvalue weighted by Crippen LogP contribution is 2.21. The number of hydrogen-bond acceptors (Lipinski definition) is 3. The molecule has 6 nitrogen and oxygen atoms in total. The van der Waals surface area contributed by atoms with Gasteiger partial charge in [-0.2, -0.15) is 0 Å². The lowest BCUT2D eigenvalue weighted by molar-refractivity contribution is 0.0663. The Hall–Kier alpha value is -2.05. The first-order valence-electron chi connectivity index (χ1n) is 7.80. The van der Waals surface area contributed by atoms with Gasteiger partial charge in [0.2, 0.25) is 0 Å². The number of nitrogens with zero attached hydrogens (tertiary/aromatic N) is 1. The number of anilines is 1. The number of benzene rings is 1. The van der Waals surface area contributed by atoms with Crippen molar-refractivity contribution in [2.75, 3.05) is 25.6 Å². The van der Waals surface area contributed by atoms with Gasteiger partial charge in [0.25, 0.3) is 0 Å². The zero-order valence-electron chi connectivity index (χ0n) is 13.9. The number of rotatable bonds is 7. The quantitative estimate of drug-likeness (QED) is 0.733. The summed E-state index contributed by atoms with van der Waals surface area (Å²) >= 11 is 0. The monoisotopic (exact) mass is 319 g/mol. The van der Waals surface area contributed by atoms with Gasteiger partial charge in [-0.15, -0.1) is 0 Å². The Balaban J connectivity index is 1.97. The van der Waals surface area contributed by atoms with E-state index in [9.17, 15) is 9.90 Å². The molecule has 0 aliphatic heterocycles. The Labute approximate surface area is 136 Å². The molecule has 0 aliphatic rings. The van der Waals surface area contributed by atoms with E-state index in [4.69, 9.17) is 4.74 Å². The number of aromatic nitrogens is 1. The van der Waals surface area contributed by atoms with Crippen molar-refractivity contribution in [1.82, 2.24) is 9.88 Å². The molecular weight excluding hydrogens is 294 g/mol. The van der Waals surface area contributed by atoms with Gasteiger partial charge in [-0.25, -0.2) is 4.79 Å². The summed E-state index contributed by atoms with van der Waals surface area (Å²) in [5.41, 5.74) is 1.87. The standard InChI is InChI=1S/C17H25N3O3/c1-12(2)10-20-7-6-13-8-14(4-5-16(13)20)19-17(22)18-9-15(21)11-23-3/h4-8,12,15,21H,9-11H2,1-3H3,(H2,18,19,22)/t15-/m1/s1. The molecule has 2 amide bonds. The number of aliphatic hydroxyl groups is 1. The summed E-state index contributed by atoms with van der Waals surface area (Å²) in [7, 11) is 1.50. The predicted molar refractivity (Wildman–Crippen MR) is 91.7 cm³/mol. The topological polar surface area (TPSA) is 75.5 Å². The van der Waals surface area contributed by atoms with Crippen LogP contribution in [0.5, 0.6) is 0 Å². The minimum atomic E-state index is -0.710. The fourth-order valence-corrected chi connectivity index (χ4v) is 2.47. The van der Waals surface area contributed by atoms with Crippen molar-refractivity contribution in [2.45, 2.75) is 26.5 Å². The van der Waals surface area contributed by atoms with E-state index in [-0.39, 0.29) is 19.2 Å². The predicted octanol–water partition coefficient (Wildman–Crippen LogP) is 2.43. The lowest BCUT2D eigenvalue weighted by Crippen LogP contribution is -2.36. The second-order valence-corrected chi connectivity index (χ2v) is 6.08. The minimum absolute atomic E-state index is 0.146. The molecule has 126 valence electrons. The highest BCUT2D eigenvalue weighted by molar-refractivity contribution is 5.92. The second kappa shape index (κ2) is 7.99. The van der Waals surface area contributed by atoms with Gasteiger partial charge in [0.05, 0.1) is 12.7 Å². The van der Waals surface area contributed by atoms with Crippen LogP contribution in [0.3, 0.4) is 0 Å². The first-order valence-corrected chi connectivity index (χ1v) is 7.80. The van der Waals surface area contributed by atoms with E-state index in [1.807, 2.05) is 24.3 Å². The number of ether oxygens (including phenoxy) is 1. The molecule has 0 radical (unpaired) electrons. The number of carbonyl (C=O) groups excluding carboxylic acids is 1. The van der Waals surface area contributed by atoms with Gasteiger partial charge in [-0.05, 0) is 30.2 Å². The summed E-state index contributed by atoms with van der Waals surface area (Å²) in [4.78, 5) is 11.8. The maximum absolute atomic E-state index is 11.8. The zero-order valence-corrected chi connectivity index (χ0v) is 13.9. The van der Waals surface area contributed by atoms with Gasteiger partial charge in [0, 0.05) is 43.0 Å². The molecule has 6 heteroatoms. The van der Waals surface area contributed by atoms with Crippen molar-refractivity contribution in [3.8, 4) is 0 Å². The molecule has 0 saturated heterocycles. The summed E-state index contributed by atoms with van der Waals surface area (Å²) in [5.74, 6) is 0.577. The zero-order chi connectivity index (χ0) is 16.8. The molecule has 0 aliphatic carbocycles. The number of hydrogen-bond donors (Lipinski definition) is 3. The van der Waals surface area contributed by atoms with Gasteiger partial charge in [-0.3, -0.25) is 0 Å². The number of nitrogens with one attached hydrogen (secondary N) is 2. The van der Waals surface area contributed by atoms with E-state index in [0.29, 0.717) is 5.92 Å². The summed E-state index contributed by atoms with van der Waals surface area (Å²) < 4.78 is 7.02. The van der Waals surface area contributed by atoms with Crippen molar-refractivity contribution < 1.29 is 14.6 Å². The van der Waals surface area contributed by atoms with Crippen molar-refractivity contribution in [1.29, 1.82) is 0 Å². The van der Waals surface area contributed by atoms with E-state index in [1.165, 1.54) is 7.11 Å². The van der Waals surface area contributed by atoms with Crippen molar-refractivity contribution >= 4 is 22.6 Å². The van der Waals surface area contributed by atoms with Crippen molar-refractivity contribution in [3.63, 3.8) is 0 Å². The van der Waals surface area contributed by atoms with Gasteiger partial charge in [0.1, 0.15) is 0 Å². The Bertz CT molecular complexity index is 652. The Kier molecular flexibility index (Phi) is 6.01. The van der Waals surface area contributed by atoms with Crippen molar-refractivity contribution in [2.24, 2.45) is 5.92 Å². The van der Waals surface area contributed by atoms with Crippen LogP contribution in [0, 0.1) is 5.92 Å². The first-order chi connectivity index (χ1) is 11.0. The average Bonchev–Trinajstić information content (AvgIpc) is 2.87. The molecule has 0 saturated carbocycles. The summed E-state index contributed by atoms with van der Waals surface area (Å²) in [6.45, 7) is 5.67. The SMILES string of the molecule is COC[C@H](O)CNC(=O)Nc1ccc2c(ccn2CC(C)C)c1. The molecular formula is C17H25N3O3. The highest BCUT2D eigenvalue weighted by atomic mass is 16.5. The lowest BCUT2D eigenvalue weighted by Gasteiger charge is -2.12.